The van der Waals surface area contributed by atoms with E-state index in [2.05, 4.69) is 15.8 Å². The number of nitrogens with zero attached hydrogens (tertiary/aromatic N) is 2. The van der Waals surface area contributed by atoms with Gasteiger partial charge in [-0.25, -0.2) is 0 Å². The Labute approximate surface area is 64.8 Å². The number of fused-ring (bicyclic) bond motifs is 1. The molecule has 2 atom stereocenters. The second-order valence-electron chi connectivity index (χ2n) is 3.05. The molecule has 0 aromatic carbocycles. The van der Waals surface area contributed by atoms with Crippen LogP contribution >= 0.6 is 0 Å². The van der Waals surface area contributed by atoms with Crippen molar-refractivity contribution in [1.29, 1.82) is 0 Å². The topological polar surface area (TPSA) is 62.8 Å². The molecule has 4 heteroatoms. The summed E-state index contributed by atoms with van der Waals surface area (Å²) in [5.41, 5.74) is 9.13. The summed E-state index contributed by atoms with van der Waals surface area (Å²) < 4.78 is 0. The highest BCUT2D eigenvalue weighted by atomic mass is 15.5. The van der Waals surface area contributed by atoms with E-state index in [9.17, 15) is 0 Å². The summed E-state index contributed by atoms with van der Waals surface area (Å²) in [5, 5.41) is 7.74. The average molecular weight is 150 g/mol. The predicted octanol–water partition coefficient (Wildman–Crippen LogP) is 0.497. The van der Waals surface area contributed by atoms with Gasteiger partial charge in [0.2, 0.25) is 0 Å². The first-order chi connectivity index (χ1) is 5.21. The number of allylic oxidation sites excluding steroid dienone is 1. The van der Waals surface area contributed by atoms with Crippen LogP contribution in [0.4, 0.5) is 0 Å². The zero-order chi connectivity index (χ0) is 7.90. The largest absolute Gasteiger partial charge is 0.399 e. The maximum atomic E-state index is 5.59. The summed E-state index contributed by atoms with van der Waals surface area (Å²) in [6.07, 6.45) is 5.77. The number of hydrogen-bond donors (Lipinski definition) is 2. The lowest BCUT2D eigenvalue weighted by molar-refractivity contribution is 0.470. The Morgan fingerprint density at radius 2 is 2.55 bits per heavy atom. The van der Waals surface area contributed by atoms with Crippen molar-refractivity contribution in [2.24, 2.45) is 16.1 Å². The SMILES string of the molecule is CC12C=CC(N)=CC1N=NN2. The molecule has 2 unspecified atom stereocenters. The molecule has 0 amide bonds. The molecule has 0 saturated carbocycles. The first-order valence-corrected chi connectivity index (χ1v) is 3.54. The standard InChI is InChI=1S/C7H10N4/c1-7-3-2-5(8)4-6(7)9-11-10-7/h2-4,6H,8H2,1H3,(H,9,10). The summed E-state index contributed by atoms with van der Waals surface area (Å²) in [7, 11) is 0. The summed E-state index contributed by atoms with van der Waals surface area (Å²) in [6.45, 7) is 2.04. The monoisotopic (exact) mass is 150 g/mol. The molecule has 0 saturated heterocycles. The zero-order valence-electron chi connectivity index (χ0n) is 6.28. The van der Waals surface area contributed by atoms with Crippen LogP contribution in [0.3, 0.4) is 0 Å². The Kier molecular flexibility index (Phi) is 1.07. The van der Waals surface area contributed by atoms with Gasteiger partial charge in [0.15, 0.2) is 0 Å². The highest BCUT2D eigenvalue weighted by Crippen LogP contribution is 2.26. The lowest BCUT2D eigenvalue weighted by Crippen LogP contribution is -2.43. The van der Waals surface area contributed by atoms with Crippen LogP contribution < -0.4 is 11.2 Å². The van der Waals surface area contributed by atoms with E-state index in [1.54, 1.807) is 0 Å². The van der Waals surface area contributed by atoms with E-state index in [0.717, 1.165) is 5.70 Å². The van der Waals surface area contributed by atoms with Crippen molar-refractivity contribution in [3.05, 3.63) is 23.9 Å². The molecule has 0 fully saturated rings. The summed E-state index contributed by atoms with van der Waals surface area (Å²) in [4.78, 5) is 0. The molecule has 1 aliphatic carbocycles. The Morgan fingerprint density at radius 1 is 1.73 bits per heavy atom. The van der Waals surface area contributed by atoms with Gasteiger partial charge in [0.1, 0.15) is 6.04 Å². The fourth-order valence-electron chi connectivity index (χ4n) is 1.23. The van der Waals surface area contributed by atoms with Crippen LogP contribution in [0.25, 0.3) is 0 Å². The Bertz CT molecular complexity index is 266. The summed E-state index contributed by atoms with van der Waals surface area (Å²) in [5.74, 6) is 0. The second kappa shape index (κ2) is 1.84. The van der Waals surface area contributed by atoms with Crippen LogP contribution in [0.15, 0.2) is 34.3 Å². The molecule has 2 aliphatic rings. The highest BCUT2D eigenvalue weighted by Gasteiger charge is 2.36. The third kappa shape index (κ3) is 0.824. The van der Waals surface area contributed by atoms with Crippen molar-refractivity contribution in [3.8, 4) is 0 Å². The molecule has 58 valence electrons. The van der Waals surface area contributed by atoms with Crippen molar-refractivity contribution < 1.29 is 0 Å². The van der Waals surface area contributed by atoms with Gasteiger partial charge in [-0.05, 0) is 19.1 Å². The molecule has 4 nitrogen and oxygen atoms in total. The molecule has 1 aliphatic heterocycles. The lowest BCUT2D eigenvalue weighted by atomic mass is 9.89. The normalized spacial score (nSPS) is 39.7. The van der Waals surface area contributed by atoms with Crippen LogP contribution in [0.1, 0.15) is 6.92 Å². The van der Waals surface area contributed by atoms with Gasteiger partial charge in [0.25, 0.3) is 0 Å². The molecular weight excluding hydrogens is 140 g/mol. The van der Waals surface area contributed by atoms with Crippen LogP contribution in [-0.2, 0) is 0 Å². The number of nitrogens with one attached hydrogen (secondary N) is 1. The number of hydrogen-bond acceptors (Lipinski definition) is 4. The summed E-state index contributed by atoms with van der Waals surface area (Å²) in [6, 6.07) is 0.0625. The maximum absolute atomic E-state index is 5.59. The molecule has 0 radical (unpaired) electrons. The van der Waals surface area contributed by atoms with Crippen molar-refractivity contribution in [1.82, 2.24) is 5.43 Å². The quantitative estimate of drug-likeness (QED) is 0.528. The predicted molar refractivity (Wildman–Crippen MR) is 41.6 cm³/mol. The molecule has 0 aromatic rings. The molecule has 3 N–H and O–H groups in total. The van der Waals surface area contributed by atoms with Crippen LogP contribution in [0.2, 0.25) is 0 Å². The number of rotatable bonds is 0. The molecule has 0 bridgehead atoms. The first kappa shape index (κ1) is 6.39. The van der Waals surface area contributed by atoms with Gasteiger partial charge in [-0.1, -0.05) is 11.3 Å². The third-order valence-electron chi connectivity index (χ3n) is 2.06. The third-order valence-corrected chi connectivity index (χ3v) is 2.06. The van der Waals surface area contributed by atoms with Gasteiger partial charge < -0.3 is 5.73 Å². The smallest absolute Gasteiger partial charge is 0.121 e. The van der Waals surface area contributed by atoms with Crippen LogP contribution in [0, 0.1) is 0 Å². The van der Waals surface area contributed by atoms with Crippen molar-refractivity contribution in [2.75, 3.05) is 0 Å². The Balaban J connectivity index is 2.36. The second-order valence-corrected chi connectivity index (χ2v) is 3.05. The molecule has 0 aromatic heterocycles. The maximum Gasteiger partial charge on any atom is 0.121 e. The number of nitrogens with two attached hydrogens (primary N) is 1. The van der Waals surface area contributed by atoms with E-state index in [1.807, 2.05) is 25.2 Å². The fraction of sp³-hybridized carbons (Fsp3) is 0.429. The van der Waals surface area contributed by atoms with E-state index in [1.165, 1.54) is 0 Å². The highest BCUT2D eigenvalue weighted by molar-refractivity contribution is 5.32. The van der Waals surface area contributed by atoms with Crippen molar-refractivity contribution in [2.45, 2.75) is 18.5 Å². The summed E-state index contributed by atoms with van der Waals surface area (Å²) >= 11 is 0. The molecule has 0 spiro atoms. The minimum Gasteiger partial charge on any atom is -0.399 e. The van der Waals surface area contributed by atoms with Crippen LogP contribution in [0.5, 0.6) is 0 Å². The molecule has 1 heterocycles. The van der Waals surface area contributed by atoms with Gasteiger partial charge >= 0.3 is 0 Å². The zero-order valence-corrected chi connectivity index (χ0v) is 6.28. The van der Waals surface area contributed by atoms with Crippen LogP contribution in [-0.4, -0.2) is 11.6 Å². The lowest BCUT2D eigenvalue weighted by Gasteiger charge is -2.25. The van der Waals surface area contributed by atoms with Gasteiger partial charge in [0, 0.05) is 5.70 Å². The Hall–Kier alpha value is -1.32. The Morgan fingerprint density at radius 3 is 3.36 bits per heavy atom. The van der Waals surface area contributed by atoms with E-state index in [4.69, 9.17) is 5.73 Å². The van der Waals surface area contributed by atoms with Crippen molar-refractivity contribution >= 4 is 0 Å². The van der Waals surface area contributed by atoms with E-state index < -0.39 is 0 Å². The minimum atomic E-state index is -0.150. The van der Waals surface area contributed by atoms with Gasteiger partial charge in [-0.15, -0.1) is 0 Å². The first-order valence-electron chi connectivity index (χ1n) is 3.54. The van der Waals surface area contributed by atoms with E-state index >= 15 is 0 Å². The molecule has 2 rings (SSSR count). The van der Waals surface area contributed by atoms with Crippen molar-refractivity contribution in [3.63, 3.8) is 0 Å². The molecule has 11 heavy (non-hydrogen) atoms. The van der Waals surface area contributed by atoms with Gasteiger partial charge in [-0.3, -0.25) is 5.43 Å². The minimum absolute atomic E-state index is 0.0625. The molecular formula is C7H10N4. The fourth-order valence-corrected chi connectivity index (χ4v) is 1.23. The van der Waals surface area contributed by atoms with E-state index in [-0.39, 0.29) is 11.6 Å². The van der Waals surface area contributed by atoms with E-state index in [0.29, 0.717) is 0 Å². The average Bonchev–Trinajstić information content (AvgIpc) is 2.31. The van der Waals surface area contributed by atoms with Gasteiger partial charge in [-0.2, -0.15) is 5.11 Å². The van der Waals surface area contributed by atoms with Gasteiger partial charge in [0.05, 0.1) is 5.54 Å².